The summed E-state index contributed by atoms with van der Waals surface area (Å²) in [6, 6.07) is 4.81. The molecule has 0 aliphatic carbocycles. The number of nitrogens with zero attached hydrogens (tertiary/aromatic N) is 3. The van der Waals surface area contributed by atoms with Crippen molar-refractivity contribution in [3.05, 3.63) is 57.5 Å². The maximum atomic E-state index is 10.9. The Morgan fingerprint density at radius 2 is 2.11 bits per heavy atom. The van der Waals surface area contributed by atoms with Crippen molar-refractivity contribution < 1.29 is 4.92 Å². The second-order valence-electron chi connectivity index (χ2n) is 3.92. The lowest BCUT2D eigenvalue weighted by molar-refractivity contribution is -0.384. The number of nitrogens with one attached hydrogen (secondary N) is 1. The minimum Gasteiger partial charge on any atom is -0.358 e. The Morgan fingerprint density at radius 3 is 2.74 bits per heavy atom. The van der Waals surface area contributed by atoms with Gasteiger partial charge in [0, 0.05) is 24.7 Å². The molecule has 0 saturated heterocycles. The molecule has 0 fully saturated rings. The van der Waals surface area contributed by atoms with E-state index in [-0.39, 0.29) is 22.6 Å². The highest BCUT2D eigenvalue weighted by Gasteiger charge is 2.18. The molecule has 2 aromatic rings. The molecule has 6 nitrogen and oxygen atoms in total. The largest absolute Gasteiger partial charge is 0.358 e. The second-order valence-corrected chi connectivity index (χ2v) is 4.36. The maximum absolute atomic E-state index is 10.9. The fraction of sp³-hybridized carbons (Fsp3) is 0.167. The average Bonchev–Trinajstić information content (AvgIpc) is 2.41. The van der Waals surface area contributed by atoms with Crippen molar-refractivity contribution in [3.8, 4) is 0 Å². The van der Waals surface area contributed by atoms with Crippen LogP contribution < -0.4 is 5.32 Å². The molecule has 0 aliphatic heterocycles. The molecule has 0 bridgehead atoms. The van der Waals surface area contributed by atoms with Gasteiger partial charge in [-0.25, -0.2) is 4.98 Å². The summed E-state index contributed by atoms with van der Waals surface area (Å²) in [6.07, 6.45) is 4.70. The van der Waals surface area contributed by atoms with E-state index in [1.807, 2.05) is 19.1 Å². The van der Waals surface area contributed by atoms with E-state index < -0.39 is 4.92 Å². The fourth-order valence-corrected chi connectivity index (χ4v) is 1.77. The molecule has 98 valence electrons. The van der Waals surface area contributed by atoms with Gasteiger partial charge in [-0.3, -0.25) is 15.1 Å². The van der Waals surface area contributed by atoms with Crippen LogP contribution in [0.3, 0.4) is 0 Å². The first-order chi connectivity index (χ1) is 9.08. The molecule has 0 amide bonds. The highest BCUT2D eigenvalue weighted by molar-refractivity contribution is 6.30. The summed E-state index contributed by atoms with van der Waals surface area (Å²) in [5.41, 5.74) is 0.814. The number of pyridine rings is 2. The Balaban J connectivity index is 2.26. The van der Waals surface area contributed by atoms with Crippen LogP contribution in [0.15, 0.2) is 36.8 Å². The minimum absolute atomic E-state index is 0.129. The third-order valence-corrected chi connectivity index (χ3v) is 2.80. The van der Waals surface area contributed by atoms with Crippen LogP contribution in [0.1, 0.15) is 18.5 Å². The molecule has 0 aliphatic rings. The van der Waals surface area contributed by atoms with Gasteiger partial charge in [0.1, 0.15) is 0 Å². The molecule has 0 aromatic carbocycles. The van der Waals surface area contributed by atoms with Crippen molar-refractivity contribution in [2.45, 2.75) is 13.0 Å². The van der Waals surface area contributed by atoms with Gasteiger partial charge in [0.25, 0.3) is 0 Å². The molecule has 0 saturated carbocycles. The van der Waals surface area contributed by atoms with E-state index in [9.17, 15) is 10.1 Å². The first kappa shape index (κ1) is 13.2. The van der Waals surface area contributed by atoms with E-state index in [0.717, 1.165) is 5.56 Å². The molecule has 2 rings (SSSR count). The van der Waals surface area contributed by atoms with Gasteiger partial charge in [-0.2, -0.15) is 0 Å². The van der Waals surface area contributed by atoms with Gasteiger partial charge < -0.3 is 5.32 Å². The van der Waals surface area contributed by atoms with E-state index in [1.54, 1.807) is 12.4 Å². The van der Waals surface area contributed by atoms with Crippen molar-refractivity contribution in [2.75, 3.05) is 5.32 Å². The van der Waals surface area contributed by atoms with E-state index in [1.165, 1.54) is 12.3 Å². The summed E-state index contributed by atoms with van der Waals surface area (Å²) in [5.74, 6) is 0.193. The van der Waals surface area contributed by atoms with Crippen molar-refractivity contribution >= 4 is 23.1 Å². The Hall–Kier alpha value is -2.21. The standard InChI is InChI=1S/C12H11ClN4O2/c1-8(9-2-4-14-5-3-9)16-12-11(17(18)19)6-10(13)7-15-12/h2-8H,1H3,(H,15,16). The lowest BCUT2D eigenvalue weighted by atomic mass is 10.1. The fourth-order valence-electron chi connectivity index (χ4n) is 1.62. The topological polar surface area (TPSA) is 81.0 Å². The Kier molecular flexibility index (Phi) is 3.91. The van der Waals surface area contributed by atoms with Crippen LogP contribution in [-0.4, -0.2) is 14.9 Å². The Bertz CT molecular complexity index is 592. The van der Waals surface area contributed by atoms with Crippen LogP contribution in [-0.2, 0) is 0 Å². The van der Waals surface area contributed by atoms with Crippen LogP contribution in [0.4, 0.5) is 11.5 Å². The van der Waals surface area contributed by atoms with Crippen LogP contribution in [0.25, 0.3) is 0 Å². The first-order valence-electron chi connectivity index (χ1n) is 5.54. The summed E-state index contributed by atoms with van der Waals surface area (Å²) < 4.78 is 0. The molecule has 1 N–H and O–H groups in total. The number of halogens is 1. The highest BCUT2D eigenvalue weighted by Crippen LogP contribution is 2.28. The molecule has 0 radical (unpaired) electrons. The first-order valence-corrected chi connectivity index (χ1v) is 5.92. The number of anilines is 1. The maximum Gasteiger partial charge on any atom is 0.312 e. The van der Waals surface area contributed by atoms with Gasteiger partial charge in [-0.05, 0) is 24.6 Å². The highest BCUT2D eigenvalue weighted by atomic mass is 35.5. The number of aromatic nitrogens is 2. The molecule has 1 atom stereocenters. The summed E-state index contributed by atoms with van der Waals surface area (Å²) in [7, 11) is 0. The number of hydrogen-bond acceptors (Lipinski definition) is 5. The quantitative estimate of drug-likeness (QED) is 0.686. The van der Waals surface area contributed by atoms with E-state index in [0.29, 0.717) is 0 Å². The van der Waals surface area contributed by atoms with Crippen LogP contribution >= 0.6 is 11.6 Å². The monoisotopic (exact) mass is 278 g/mol. The van der Waals surface area contributed by atoms with Gasteiger partial charge >= 0.3 is 5.69 Å². The van der Waals surface area contributed by atoms with E-state index >= 15 is 0 Å². The normalized spacial score (nSPS) is 11.9. The molecule has 2 aromatic heterocycles. The smallest absolute Gasteiger partial charge is 0.312 e. The Labute approximate surface area is 114 Å². The van der Waals surface area contributed by atoms with Crippen LogP contribution in [0, 0.1) is 10.1 Å². The van der Waals surface area contributed by atoms with Crippen molar-refractivity contribution in [2.24, 2.45) is 0 Å². The molecule has 1 unspecified atom stereocenters. The van der Waals surface area contributed by atoms with E-state index in [4.69, 9.17) is 11.6 Å². The zero-order valence-corrected chi connectivity index (χ0v) is 10.8. The minimum atomic E-state index is -0.513. The van der Waals surface area contributed by atoms with Crippen LogP contribution in [0.5, 0.6) is 0 Å². The Morgan fingerprint density at radius 1 is 1.42 bits per heavy atom. The lowest BCUT2D eigenvalue weighted by Crippen LogP contribution is -2.09. The predicted octanol–water partition coefficient (Wildman–Crippen LogP) is 3.21. The molecule has 7 heteroatoms. The third kappa shape index (κ3) is 3.17. The molecule has 2 heterocycles. The molecular weight excluding hydrogens is 268 g/mol. The predicted molar refractivity (Wildman–Crippen MR) is 72.2 cm³/mol. The summed E-state index contributed by atoms with van der Waals surface area (Å²) in [5, 5.41) is 14.2. The van der Waals surface area contributed by atoms with Gasteiger partial charge in [0.2, 0.25) is 5.82 Å². The summed E-state index contributed by atoms with van der Waals surface area (Å²) in [6.45, 7) is 1.88. The van der Waals surface area contributed by atoms with Crippen molar-refractivity contribution in [1.29, 1.82) is 0 Å². The van der Waals surface area contributed by atoms with Gasteiger partial charge in [0.15, 0.2) is 0 Å². The number of rotatable bonds is 4. The van der Waals surface area contributed by atoms with Gasteiger partial charge in [-0.1, -0.05) is 11.6 Å². The molecule has 0 spiro atoms. The number of hydrogen-bond donors (Lipinski definition) is 1. The zero-order valence-electron chi connectivity index (χ0n) is 10.1. The van der Waals surface area contributed by atoms with Crippen molar-refractivity contribution in [3.63, 3.8) is 0 Å². The average molecular weight is 279 g/mol. The van der Waals surface area contributed by atoms with Crippen molar-refractivity contribution in [1.82, 2.24) is 9.97 Å². The van der Waals surface area contributed by atoms with E-state index in [2.05, 4.69) is 15.3 Å². The SMILES string of the molecule is CC(Nc1ncc(Cl)cc1[N+](=O)[O-])c1ccncc1. The zero-order chi connectivity index (χ0) is 13.8. The third-order valence-electron chi connectivity index (χ3n) is 2.59. The van der Waals surface area contributed by atoms with Crippen LogP contribution in [0.2, 0.25) is 5.02 Å². The molecule has 19 heavy (non-hydrogen) atoms. The van der Waals surface area contributed by atoms with Gasteiger partial charge in [0.05, 0.1) is 16.0 Å². The number of nitro groups is 1. The summed E-state index contributed by atoms with van der Waals surface area (Å²) in [4.78, 5) is 18.3. The lowest BCUT2D eigenvalue weighted by Gasteiger charge is -2.14. The summed E-state index contributed by atoms with van der Waals surface area (Å²) >= 11 is 5.71. The second kappa shape index (κ2) is 5.62. The molecular formula is C12H11ClN4O2. The van der Waals surface area contributed by atoms with Gasteiger partial charge in [-0.15, -0.1) is 0 Å².